The minimum absolute atomic E-state index is 0.0330. The lowest BCUT2D eigenvalue weighted by atomic mass is 9.80. The maximum absolute atomic E-state index is 15.3. The Labute approximate surface area is 403 Å². The summed E-state index contributed by atoms with van der Waals surface area (Å²) in [5.41, 5.74) is 1.42. The van der Waals surface area contributed by atoms with Crippen molar-refractivity contribution < 1.29 is 72.7 Å². The van der Waals surface area contributed by atoms with E-state index in [2.05, 4.69) is 10.6 Å². The molecule has 19 nitrogen and oxygen atoms in total. The van der Waals surface area contributed by atoms with Crippen molar-refractivity contribution in [1.82, 2.24) is 0 Å². The van der Waals surface area contributed by atoms with Gasteiger partial charge in [0.25, 0.3) is 0 Å². The number of hydrogen-bond donors (Lipinski definition) is 6. The second-order valence-electron chi connectivity index (χ2n) is 16.4. The predicted molar refractivity (Wildman–Crippen MR) is 259 cm³/mol. The van der Waals surface area contributed by atoms with Crippen LogP contribution >= 0.6 is 23.5 Å². The maximum Gasteiger partial charge on any atom is 0.329 e. The van der Waals surface area contributed by atoms with Gasteiger partial charge in [0.15, 0.2) is 17.3 Å². The van der Waals surface area contributed by atoms with Gasteiger partial charge in [-0.1, -0.05) is 5.57 Å². The van der Waals surface area contributed by atoms with Gasteiger partial charge in [-0.05, 0) is 36.4 Å². The molecule has 3 aliphatic rings. The first kappa shape index (κ1) is 50.3. The number of rotatable bonds is 23. The number of Topliss-reactive ketones (excluding diaryl/α,β-unsaturated/α-hetero) is 1. The lowest BCUT2D eigenvalue weighted by Gasteiger charge is -2.33. The summed E-state index contributed by atoms with van der Waals surface area (Å²) in [6.07, 6.45) is 0.0401. The molecule has 0 saturated heterocycles. The Balaban J connectivity index is 1.34. The molecule has 0 spiro atoms. The molecule has 6 N–H and O–H groups in total. The van der Waals surface area contributed by atoms with Gasteiger partial charge in [0, 0.05) is 65.3 Å². The number of esters is 2. The van der Waals surface area contributed by atoms with Crippen LogP contribution in [0.25, 0.3) is 48.7 Å². The van der Waals surface area contributed by atoms with E-state index in [1.165, 1.54) is 44.7 Å². The molecule has 2 atom stereocenters. The fourth-order valence-electron chi connectivity index (χ4n) is 9.72. The number of anilines is 2. The second-order valence-corrected chi connectivity index (χ2v) is 18.5. The monoisotopic (exact) mass is 994 g/mol. The quantitative estimate of drug-likeness (QED) is 0.0238. The molecule has 2 unspecified atom stereocenters. The Morgan fingerprint density at radius 1 is 0.580 bits per heavy atom. The molecule has 1 aliphatic carbocycles. The molecule has 2 aliphatic heterocycles. The van der Waals surface area contributed by atoms with E-state index in [0.29, 0.717) is 64.4 Å². The Hall–Kier alpha value is -5.07. The molecule has 5 aromatic carbocycles. The molecule has 370 valence electrons. The molecule has 21 heteroatoms. The van der Waals surface area contributed by atoms with E-state index in [4.69, 9.17) is 48.1 Å². The van der Waals surface area contributed by atoms with Crippen LogP contribution in [-0.2, 0) is 62.4 Å². The maximum atomic E-state index is 15.3. The van der Waals surface area contributed by atoms with Gasteiger partial charge < -0.3 is 69.0 Å². The summed E-state index contributed by atoms with van der Waals surface area (Å²) in [5, 5.41) is 49.9. The van der Waals surface area contributed by atoms with Crippen molar-refractivity contribution in [2.24, 2.45) is 0 Å². The first-order valence-corrected chi connectivity index (χ1v) is 24.4. The van der Waals surface area contributed by atoms with Crippen LogP contribution < -0.4 is 31.0 Å². The Morgan fingerprint density at radius 2 is 1.01 bits per heavy atom. The van der Waals surface area contributed by atoms with Crippen LogP contribution in [0.1, 0.15) is 36.1 Å². The molecule has 5 aromatic rings. The number of fused-ring (bicyclic) bond motifs is 5. The minimum Gasteiger partial charge on any atom is -0.492 e. The standard InChI is InChI=1S/C48H54N2O17S2/c1-22-17-24-30-33-31(25(18-53)45-39(37(33)41(56)43(24)60-3)49-27(20-68-45)47(58)66-15-13-64-11-9-62-7-5-51)32-26(19-54)46-40(38-35(32)34(30)36(29(22)23(2)55)44(61-4)42(38)57)50-28(21-69-46)48(59)67-16-14-65-12-10-63-8-6-52/h27-28,49-54H,5-21H2,1-4H3. The van der Waals surface area contributed by atoms with E-state index in [0.717, 1.165) is 0 Å². The number of hydrogen-bond acceptors (Lipinski definition) is 21. The molecular weight excluding hydrogens is 941 g/mol. The Morgan fingerprint density at radius 3 is 1.45 bits per heavy atom. The molecule has 0 fully saturated rings. The normalized spacial score (nSPS) is 16.5. The lowest BCUT2D eigenvalue weighted by Crippen LogP contribution is -2.37. The summed E-state index contributed by atoms with van der Waals surface area (Å²) >= 11 is 2.46. The number of methoxy groups -OCH3 is 2. The van der Waals surface area contributed by atoms with E-state index >= 15 is 9.59 Å². The molecule has 69 heavy (non-hydrogen) atoms. The van der Waals surface area contributed by atoms with Gasteiger partial charge in [-0.3, -0.25) is 14.4 Å². The number of benzene rings is 5. The fraction of sp³-hybridized carbons (Fsp3) is 0.479. The van der Waals surface area contributed by atoms with E-state index in [1.807, 2.05) is 0 Å². The van der Waals surface area contributed by atoms with Crippen LogP contribution in [0.15, 0.2) is 25.0 Å². The first-order valence-electron chi connectivity index (χ1n) is 22.4. The molecule has 0 aromatic heterocycles. The zero-order valence-corrected chi connectivity index (χ0v) is 40.2. The largest absolute Gasteiger partial charge is 0.492 e. The second kappa shape index (κ2) is 21.9. The number of allylic oxidation sites excluding steroid dienone is 2. The zero-order chi connectivity index (χ0) is 49.1. The third kappa shape index (κ3) is 9.02. The smallest absolute Gasteiger partial charge is 0.329 e. The van der Waals surface area contributed by atoms with Crippen molar-refractivity contribution in [1.29, 1.82) is 0 Å². The third-order valence-corrected chi connectivity index (χ3v) is 14.9. The number of aliphatic hydroxyl groups excluding tert-OH is 4. The highest BCUT2D eigenvalue weighted by Crippen LogP contribution is 2.57. The highest BCUT2D eigenvalue weighted by molar-refractivity contribution is 8.00. The van der Waals surface area contributed by atoms with Crippen molar-refractivity contribution in [3.63, 3.8) is 0 Å². The topological polar surface area (TPSA) is 264 Å². The van der Waals surface area contributed by atoms with Crippen molar-refractivity contribution in [3.8, 4) is 11.5 Å². The number of aliphatic hydroxyl groups is 4. The highest BCUT2D eigenvalue weighted by atomic mass is 32.2. The third-order valence-electron chi connectivity index (χ3n) is 12.4. The van der Waals surface area contributed by atoms with Crippen LogP contribution in [0.2, 0.25) is 0 Å². The average molecular weight is 995 g/mol. The van der Waals surface area contributed by atoms with Crippen molar-refractivity contribution in [2.45, 2.75) is 55.4 Å². The summed E-state index contributed by atoms with van der Waals surface area (Å²) in [6.45, 7) is 3.13. The van der Waals surface area contributed by atoms with Gasteiger partial charge in [0.1, 0.15) is 25.3 Å². The van der Waals surface area contributed by atoms with Crippen LogP contribution in [0.3, 0.4) is 0 Å². The van der Waals surface area contributed by atoms with Crippen LogP contribution in [-0.4, -0.2) is 155 Å². The zero-order valence-electron chi connectivity index (χ0n) is 38.6. The van der Waals surface area contributed by atoms with Gasteiger partial charge >= 0.3 is 11.9 Å². The summed E-state index contributed by atoms with van der Waals surface area (Å²) < 4.78 is 44.5. The first-order chi connectivity index (χ1) is 33.5. The number of carbonyl (C=O) groups is 3. The molecule has 2 heterocycles. The molecule has 0 bridgehead atoms. The van der Waals surface area contributed by atoms with Gasteiger partial charge in [-0.25, -0.2) is 9.59 Å². The van der Waals surface area contributed by atoms with Crippen molar-refractivity contribution in [3.05, 3.63) is 48.3 Å². The number of nitrogens with one attached hydrogen (secondary N) is 2. The number of thioether (sulfide) groups is 2. The van der Waals surface area contributed by atoms with Gasteiger partial charge in [0.2, 0.25) is 10.9 Å². The lowest BCUT2D eigenvalue weighted by molar-refractivity contribution is -0.146. The summed E-state index contributed by atoms with van der Waals surface area (Å²) in [5.74, 6) is -1.52. The number of ether oxygens (including phenoxy) is 8. The van der Waals surface area contributed by atoms with Crippen molar-refractivity contribution in [2.75, 3.05) is 116 Å². The number of ketones is 1. The van der Waals surface area contributed by atoms with Crippen LogP contribution in [0.4, 0.5) is 11.4 Å². The molecule has 0 radical (unpaired) electrons. The summed E-state index contributed by atoms with van der Waals surface area (Å²) in [6, 6.07) is -1.91. The van der Waals surface area contributed by atoms with Gasteiger partial charge in [0.05, 0.1) is 116 Å². The minimum atomic E-state index is -0.959. The van der Waals surface area contributed by atoms with Crippen LogP contribution in [0, 0.1) is 0 Å². The van der Waals surface area contributed by atoms with E-state index < -0.39 is 48.1 Å². The Bertz CT molecular complexity index is 2960. The number of carbonyl (C=O) groups excluding carboxylic acids is 3. The predicted octanol–water partition coefficient (Wildman–Crippen LogP) is 2.73. The van der Waals surface area contributed by atoms with Crippen molar-refractivity contribution >= 4 is 101 Å². The Kier molecular flexibility index (Phi) is 16.0. The highest BCUT2D eigenvalue weighted by Gasteiger charge is 2.40. The summed E-state index contributed by atoms with van der Waals surface area (Å²) in [7, 11) is 2.70. The van der Waals surface area contributed by atoms with E-state index in [9.17, 15) is 24.6 Å². The molecule has 8 rings (SSSR count). The molecule has 0 amide bonds. The van der Waals surface area contributed by atoms with E-state index in [-0.39, 0.29) is 148 Å². The van der Waals surface area contributed by atoms with Crippen LogP contribution in [0.5, 0.6) is 11.5 Å². The van der Waals surface area contributed by atoms with E-state index in [1.54, 1.807) is 6.92 Å². The van der Waals surface area contributed by atoms with Gasteiger partial charge in [-0.15, -0.1) is 23.5 Å². The SMILES string of the molecule is COc1c2c3c4c(c(OC)c(=O)c5c6c(c(CO)c(c7c(CO)c8c(c(c1=O)c73)NC(C(=O)OCCOCCOCCO)CS8)c54)SCC(C(=O)OCCOCCOCCO)N6)C(C(C)=O)=C(C)C2. The molecular formula is C48H54N2O17S2. The van der Waals surface area contributed by atoms with Gasteiger partial charge in [-0.2, -0.15) is 0 Å². The fourth-order valence-corrected chi connectivity index (χ4v) is 12.1. The summed E-state index contributed by atoms with van der Waals surface area (Å²) in [4.78, 5) is 72.7. The average Bonchev–Trinajstić information content (AvgIpc) is 3.48. The molecule has 0 saturated carbocycles.